The highest BCUT2D eigenvalue weighted by Gasteiger charge is 2.57. The Morgan fingerprint density at radius 2 is 2.00 bits per heavy atom. The molecule has 0 radical (unpaired) electrons. The van der Waals surface area contributed by atoms with Gasteiger partial charge in [-0.25, -0.2) is 0 Å². The highest BCUT2D eigenvalue weighted by molar-refractivity contribution is 9.09. The van der Waals surface area contributed by atoms with Gasteiger partial charge in [-0.15, -0.1) is 0 Å². The van der Waals surface area contributed by atoms with E-state index in [1.165, 1.54) is 7.11 Å². The second-order valence-electron chi connectivity index (χ2n) is 5.35. The molecule has 0 saturated heterocycles. The third-order valence-electron chi connectivity index (χ3n) is 3.98. The summed E-state index contributed by atoms with van der Waals surface area (Å²) in [5.41, 5.74) is 1.20. The van der Waals surface area contributed by atoms with Gasteiger partial charge in [0, 0.05) is 5.33 Å². The van der Waals surface area contributed by atoms with Crippen LogP contribution >= 0.6 is 15.9 Å². The summed E-state index contributed by atoms with van der Waals surface area (Å²) in [5, 5.41) is 0.904. The van der Waals surface area contributed by atoms with Gasteiger partial charge in [-0.1, -0.05) is 35.8 Å². The lowest BCUT2D eigenvalue weighted by Gasteiger charge is -2.12. The Kier molecular flexibility index (Phi) is 4.04. The number of ether oxygens (including phenoxy) is 2. The van der Waals surface area contributed by atoms with Crippen LogP contribution in [-0.2, 0) is 0 Å². The van der Waals surface area contributed by atoms with Crippen LogP contribution in [0.15, 0.2) is 18.2 Å². The molecule has 1 aromatic carbocycles. The topological polar surface area (TPSA) is 18.5 Å². The van der Waals surface area contributed by atoms with Crippen LogP contribution in [0.3, 0.4) is 0 Å². The number of hydrogen-bond acceptors (Lipinski definition) is 2. The summed E-state index contributed by atoms with van der Waals surface area (Å²) in [7, 11) is 1.44. The van der Waals surface area contributed by atoms with E-state index in [1.54, 1.807) is 12.1 Å². The lowest BCUT2D eigenvalue weighted by Crippen LogP contribution is -2.04. The molecule has 0 heterocycles. The quantitative estimate of drug-likeness (QED) is 0.741. The summed E-state index contributed by atoms with van der Waals surface area (Å²) in [5.74, 6) is 1.31. The molecule has 0 aromatic heterocycles. The van der Waals surface area contributed by atoms with Gasteiger partial charge in [0.15, 0.2) is 11.5 Å². The predicted octanol–water partition coefficient (Wildman–Crippen LogP) is 4.43. The van der Waals surface area contributed by atoms with Crippen molar-refractivity contribution in [3.05, 3.63) is 23.8 Å². The van der Waals surface area contributed by atoms with Gasteiger partial charge in [-0.05, 0) is 34.9 Å². The van der Waals surface area contributed by atoms with Crippen LogP contribution < -0.4 is 9.47 Å². The Hall–Kier alpha value is -0.840. The minimum absolute atomic E-state index is 0.103. The molecule has 2 unspecified atom stereocenters. The normalized spacial score (nSPS) is 24.4. The molecule has 2 atom stereocenters. The number of rotatable bonds is 5. The van der Waals surface area contributed by atoms with Gasteiger partial charge in [0.25, 0.3) is 0 Å². The van der Waals surface area contributed by atoms with Crippen LogP contribution in [0.5, 0.6) is 11.5 Å². The van der Waals surface area contributed by atoms with Crippen molar-refractivity contribution in [1.82, 2.24) is 0 Å². The van der Waals surface area contributed by atoms with Crippen molar-refractivity contribution in [1.29, 1.82) is 0 Å². The first-order valence-electron chi connectivity index (χ1n) is 6.10. The summed E-state index contributed by atoms with van der Waals surface area (Å²) >= 11 is 3.50. The van der Waals surface area contributed by atoms with Gasteiger partial charge in [0.1, 0.15) is 0 Å². The van der Waals surface area contributed by atoms with Crippen molar-refractivity contribution in [3.63, 3.8) is 0 Å². The number of hydrogen-bond donors (Lipinski definition) is 0. The van der Waals surface area contributed by atoms with Crippen molar-refractivity contribution >= 4 is 15.9 Å². The van der Waals surface area contributed by atoms with E-state index in [9.17, 15) is 8.78 Å². The largest absolute Gasteiger partial charge is 0.493 e. The minimum Gasteiger partial charge on any atom is -0.493 e. The van der Waals surface area contributed by atoms with Crippen molar-refractivity contribution in [2.24, 2.45) is 11.3 Å². The Balaban J connectivity index is 2.29. The van der Waals surface area contributed by atoms with Crippen LogP contribution in [0.25, 0.3) is 0 Å². The first-order chi connectivity index (χ1) is 8.91. The molecule has 2 nitrogen and oxygen atoms in total. The number of alkyl halides is 3. The maximum Gasteiger partial charge on any atom is 0.387 e. The van der Waals surface area contributed by atoms with Crippen LogP contribution in [0.4, 0.5) is 8.78 Å². The second-order valence-corrected chi connectivity index (χ2v) is 6.00. The number of methoxy groups -OCH3 is 1. The lowest BCUT2D eigenvalue weighted by atomic mass is 10.0. The molecule has 0 N–H and O–H groups in total. The predicted molar refractivity (Wildman–Crippen MR) is 73.4 cm³/mol. The molecule has 0 bridgehead atoms. The highest BCUT2D eigenvalue weighted by atomic mass is 79.9. The second kappa shape index (κ2) is 5.27. The number of halogens is 3. The molecule has 2 rings (SSSR count). The maximum atomic E-state index is 12.4. The smallest absolute Gasteiger partial charge is 0.387 e. The molecule has 0 spiro atoms. The van der Waals surface area contributed by atoms with E-state index in [0.717, 1.165) is 10.9 Å². The SMILES string of the molecule is COc1ccc(C2C(CBr)C2(C)C)cc1OC(F)F. The average molecular weight is 335 g/mol. The fraction of sp³-hybridized carbons (Fsp3) is 0.571. The molecular formula is C14H17BrF2O2. The van der Waals surface area contributed by atoms with Crippen LogP contribution in [0.2, 0.25) is 0 Å². The van der Waals surface area contributed by atoms with Gasteiger partial charge in [-0.2, -0.15) is 8.78 Å². The van der Waals surface area contributed by atoms with Crippen LogP contribution in [-0.4, -0.2) is 19.1 Å². The standard InChI is InChI=1S/C14H17BrF2O2/c1-14(2)9(7-15)12(14)8-4-5-10(18-3)11(6-8)19-13(16)17/h4-6,9,12-13H,7H2,1-3H3. The van der Waals surface area contributed by atoms with Crippen molar-refractivity contribution in [2.45, 2.75) is 26.4 Å². The van der Waals surface area contributed by atoms with E-state index in [-0.39, 0.29) is 11.2 Å². The fourth-order valence-electron chi connectivity index (χ4n) is 2.77. The van der Waals surface area contributed by atoms with E-state index in [2.05, 4.69) is 34.5 Å². The van der Waals surface area contributed by atoms with Gasteiger partial charge >= 0.3 is 6.61 Å². The zero-order chi connectivity index (χ0) is 14.2. The monoisotopic (exact) mass is 334 g/mol. The molecule has 0 aliphatic heterocycles. The minimum atomic E-state index is -2.84. The van der Waals surface area contributed by atoms with Gasteiger partial charge in [0.2, 0.25) is 0 Å². The van der Waals surface area contributed by atoms with Crippen LogP contribution in [0.1, 0.15) is 25.3 Å². The Labute approximate surface area is 120 Å². The summed E-state index contributed by atoms with van der Waals surface area (Å²) in [6.07, 6.45) is 0. The highest BCUT2D eigenvalue weighted by Crippen LogP contribution is 2.65. The summed E-state index contributed by atoms with van der Waals surface area (Å²) in [4.78, 5) is 0. The fourth-order valence-corrected chi connectivity index (χ4v) is 3.98. The Morgan fingerprint density at radius 1 is 1.32 bits per heavy atom. The van der Waals surface area contributed by atoms with Gasteiger partial charge in [-0.3, -0.25) is 0 Å². The third kappa shape index (κ3) is 2.71. The molecule has 1 aliphatic rings. The summed E-state index contributed by atoms with van der Waals surface area (Å²) < 4.78 is 34.4. The van der Waals surface area contributed by atoms with Crippen molar-refractivity contribution in [3.8, 4) is 11.5 Å². The van der Waals surface area contributed by atoms with Crippen molar-refractivity contribution in [2.75, 3.05) is 12.4 Å². The first-order valence-corrected chi connectivity index (χ1v) is 7.22. The molecule has 1 fully saturated rings. The lowest BCUT2D eigenvalue weighted by molar-refractivity contribution is -0.0512. The van der Waals surface area contributed by atoms with E-state index in [4.69, 9.17) is 4.74 Å². The average Bonchev–Trinajstić information content (AvgIpc) is 2.90. The zero-order valence-corrected chi connectivity index (χ0v) is 12.7. The molecular weight excluding hydrogens is 318 g/mol. The van der Waals surface area contributed by atoms with Gasteiger partial charge in [0.05, 0.1) is 7.11 Å². The molecule has 0 amide bonds. The third-order valence-corrected chi connectivity index (χ3v) is 4.68. The van der Waals surface area contributed by atoms with Gasteiger partial charge < -0.3 is 9.47 Å². The van der Waals surface area contributed by atoms with E-state index < -0.39 is 6.61 Å². The molecule has 106 valence electrons. The summed E-state index contributed by atoms with van der Waals surface area (Å²) in [6.45, 7) is 1.52. The van der Waals surface area contributed by atoms with E-state index in [0.29, 0.717) is 17.6 Å². The molecule has 1 saturated carbocycles. The molecule has 5 heteroatoms. The zero-order valence-electron chi connectivity index (χ0n) is 11.1. The number of benzene rings is 1. The molecule has 1 aliphatic carbocycles. The Bertz CT molecular complexity index is 463. The first kappa shape index (κ1) is 14.6. The molecule has 19 heavy (non-hydrogen) atoms. The van der Waals surface area contributed by atoms with Crippen LogP contribution in [0, 0.1) is 11.3 Å². The Morgan fingerprint density at radius 3 is 2.47 bits per heavy atom. The van der Waals surface area contributed by atoms with Crippen molar-refractivity contribution < 1.29 is 18.3 Å². The van der Waals surface area contributed by atoms with E-state index in [1.807, 2.05) is 6.07 Å². The van der Waals surface area contributed by atoms with E-state index >= 15 is 0 Å². The molecule has 1 aromatic rings. The summed E-state index contributed by atoms with van der Waals surface area (Å²) in [6, 6.07) is 5.28. The maximum absolute atomic E-state index is 12.4.